The first-order valence-electron chi connectivity index (χ1n) is 8.32. The van der Waals surface area contributed by atoms with E-state index < -0.39 is 17.8 Å². The van der Waals surface area contributed by atoms with Crippen molar-refractivity contribution >= 4 is 46.7 Å². The van der Waals surface area contributed by atoms with Crippen molar-refractivity contribution in [1.29, 1.82) is 0 Å². The van der Waals surface area contributed by atoms with Gasteiger partial charge in [0.05, 0.1) is 28.5 Å². The number of carbonyl (C=O) groups excluding carboxylic acids is 2. The van der Waals surface area contributed by atoms with E-state index in [2.05, 4.69) is 0 Å². The Hall–Kier alpha value is -0.970. The van der Waals surface area contributed by atoms with Gasteiger partial charge in [-0.2, -0.15) is 0 Å². The van der Waals surface area contributed by atoms with Gasteiger partial charge in [-0.15, -0.1) is 0 Å². The van der Waals surface area contributed by atoms with Crippen LogP contribution >= 0.6 is 34.8 Å². The molecule has 1 aliphatic rings. The van der Waals surface area contributed by atoms with E-state index in [0.717, 1.165) is 12.8 Å². The molecule has 0 amide bonds. The highest BCUT2D eigenvalue weighted by Gasteiger charge is 2.38. The molecule has 1 aromatic carbocycles. The minimum Gasteiger partial charge on any atom is -0.465 e. The highest BCUT2D eigenvalue weighted by molar-refractivity contribution is 6.40. The second-order valence-electron chi connectivity index (χ2n) is 6.64. The van der Waals surface area contributed by atoms with Crippen molar-refractivity contribution in [2.75, 3.05) is 6.61 Å². The van der Waals surface area contributed by atoms with Gasteiger partial charge in [-0.3, -0.25) is 9.59 Å². The maximum absolute atomic E-state index is 12.6. The molecular weight excluding hydrogens is 387 g/mol. The maximum Gasteiger partial charge on any atom is 0.315 e. The average Bonchev–Trinajstić information content (AvgIpc) is 2.55. The number of ether oxygens (including phenoxy) is 2. The molecule has 1 aromatic rings. The SMILES string of the molecule is CC(C)COC(=O)C1CCCCC1C(=O)Oc1c(Cl)cc(Cl)cc1Cl. The van der Waals surface area contributed by atoms with Gasteiger partial charge in [0.15, 0.2) is 5.75 Å². The number of benzene rings is 1. The van der Waals surface area contributed by atoms with Gasteiger partial charge in [-0.1, -0.05) is 61.5 Å². The van der Waals surface area contributed by atoms with Crippen LogP contribution < -0.4 is 4.74 Å². The van der Waals surface area contributed by atoms with Crippen LogP contribution in [-0.2, 0) is 14.3 Å². The van der Waals surface area contributed by atoms with Crippen molar-refractivity contribution in [2.45, 2.75) is 39.5 Å². The second-order valence-corrected chi connectivity index (χ2v) is 7.89. The van der Waals surface area contributed by atoms with Crippen LogP contribution in [0.2, 0.25) is 15.1 Å². The zero-order valence-corrected chi connectivity index (χ0v) is 16.5. The monoisotopic (exact) mass is 406 g/mol. The summed E-state index contributed by atoms with van der Waals surface area (Å²) < 4.78 is 10.7. The molecule has 0 N–H and O–H groups in total. The number of hydrogen-bond donors (Lipinski definition) is 0. The highest BCUT2D eigenvalue weighted by Crippen LogP contribution is 2.38. The topological polar surface area (TPSA) is 52.6 Å². The predicted octanol–water partition coefficient (Wildman–Crippen LogP) is 5.56. The Labute approximate surface area is 162 Å². The molecule has 1 saturated carbocycles. The van der Waals surface area contributed by atoms with Gasteiger partial charge in [-0.25, -0.2) is 0 Å². The Balaban J connectivity index is 2.11. The van der Waals surface area contributed by atoms with Crippen LogP contribution in [0.5, 0.6) is 5.75 Å². The van der Waals surface area contributed by atoms with Gasteiger partial charge in [0.2, 0.25) is 0 Å². The number of carbonyl (C=O) groups is 2. The van der Waals surface area contributed by atoms with Gasteiger partial charge in [0, 0.05) is 5.02 Å². The van der Waals surface area contributed by atoms with Crippen LogP contribution in [0.25, 0.3) is 0 Å². The van der Waals surface area contributed by atoms with Gasteiger partial charge >= 0.3 is 11.9 Å². The first kappa shape index (κ1) is 20.3. The van der Waals surface area contributed by atoms with E-state index in [-0.39, 0.29) is 27.7 Å². The van der Waals surface area contributed by atoms with Crippen molar-refractivity contribution in [1.82, 2.24) is 0 Å². The summed E-state index contributed by atoms with van der Waals surface area (Å²) in [7, 11) is 0. The lowest BCUT2D eigenvalue weighted by Gasteiger charge is -2.28. The van der Waals surface area contributed by atoms with Crippen molar-refractivity contribution < 1.29 is 19.1 Å². The molecule has 25 heavy (non-hydrogen) atoms. The lowest BCUT2D eigenvalue weighted by Crippen LogP contribution is -2.36. The largest absolute Gasteiger partial charge is 0.465 e. The van der Waals surface area contributed by atoms with Gasteiger partial charge in [-0.05, 0) is 30.9 Å². The van der Waals surface area contributed by atoms with Crippen LogP contribution in [-0.4, -0.2) is 18.5 Å². The number of rotatable bonds is 5. The summed E-state index contributed by atoms with van der Waals surface area (Å²) in [5.74, 6) is -1.61. The fourth-order valence-corrected chi connectivity index (χ4v) is 3.75. The molecule has 0 radical (unpaired) electrons. The van der Waals surface area contributed by atoms with E-state index in [1.807, 2.05) is 13.8 Å². The van der Waals surface area contributed by atoms with Crippen LogP contribution in [0.4, 0.5) is 0 Å². The Morgan fingerprint density at radius 2 is 1.56 bits per heavy atom. The number of esters is 2. The van der Waals surface area contributed by atoms with Crippen molar-refractivity contribution in [2.24, 2.45) is 17.8 Å². The lowest BCUT2D eigenvalue weighted by atomic mass is 9.79. The fraction of sp³-hybridized carbons (Fsp3) is 0.556. The molecule has 4 nitrogen and oxygen atoms in total. The highest BCUT2D eigenvalue weighted by atomic mass is 35.5. The zero-order chi connectivity index (χ0) is 18.6. The summed E-state index contributed by atoms with van der Waals surface area (Å²) >= 11 is 18.0. The van der Waals surface area contributed by atoms with Crippen molar-refractivity contribution in [3.05, 3.63) is 27.2 Å². The van der Waals surface area contributed by atoms with Crippen LogP contribution in [0.3, 0.4) is 0 Å². The molecule has 0 spiro atoms. The van der Waals surface area contributed by atoms with Crippen LogP contribution in [0.15, 0.2) is 12.1 Å². The molecule has 0 heterocycles. The molecule has 0 saturated heterocycles. The maximum atomic E-state index is 12.6. The lowest BCUT2D eigenvalue weighted by molar-refractivity contribution is -0.159. The Morgan fingerprint density at radius 3 is 2.08 bits per heavy atom. The van der Waals surface area contributed by atoms with E-state index in [9.17, 15) is 9.59 Å². The minimum atomic E-state index is -0.559. The van der Waals surface area contributed by atoms with E-state index >= 15 is 0 Å². The Kier molecular flexibility index (Phi) is 7.41. The molecular formula is C18H21Cl3O4. The quantitative estimate of drug-likeness (QED) is 0.474. The summed E-state index contributed by atoms with van der Waals surface area (Å²) in [5, 5.41) is 0.656. The van der Waals surface area contributed by atoms with E-state index in [0.29, 0.717) is 24.5 Å². The molecule has 7 heteroatoms. The summed E-state index contributed by atoms with van der Waals surface area (Å²) in [6.45, 7) is 4.26. The Morgan fingerprint density at radius 1 is 1.04 bits per heavy atom. The summed E-state index contributed by atoms with van der Waals surface area (Å²) in [6, 6.07) is 2.90. The van der Waals surface area contributed by atoms with Crippen molar-refractivity contribution in [3.8, 4) is 5.75 Å². The molecule has 0 aliphatic heterocycles. The summed E-state index contributed by atoms with van der Waals surface area (Å²) in [6.07, 6.45) is 2.92. The first-order valence-corrected chi connectivity index (χ1v) is 9.45. The second kappa shape index (κ2) is 9.11. The van der Waals surface area contributed by atoms with E-state index in [1.165, 1.54) is 12.1 Å². The summed E-state index contributed by atoms with van der Waals surface area (Å²) in [5.41, 5.74) is 0. The number of hydrogen-bond acceptors (Lipinski definition) is 4. The number of halogens is 3. The molecule has 1 fully saturated rings. The molecule has 2 unspecified atom stereocenters. The first-order chi connectivity index (χ1) is 11.8. The predicted molar refractivity (Wildman–Crippen MR) is 98.4 cm³/mol. The molecule has 0 bridgehead atoms. The van der Waals surface area contributed by atoms with Gasteiger partial charge in [0.25, 0.3) is 0 Å². The zero-order valence-electron chi connectivity index (χ0n) is 14.2. The summed E-state index contributed by atoms with van der Waals surface area (Å²) in [4.78, 5) is 25.0. The third-order valence-electron chi connectivity index (χ3n) is 4.10. The van der Waals surface area contributed by atoms with Gasteiger partial charge < -0.3 is 9.47 Å². The smallest absolute Gasteiger partial charge is 0.315 e. The third-order valence-corrected chi connectivity index (χ3v) is 4.88. The van der Waals surface area contributed by atoms with E-state index in [1.54, 1.807) is 0 Å². The van der Waals surface area contributed by atoms with Crippen molar-refractivity contribution in [3.63, 3.8) is 0 Å². The molecule has 2 rings (SSSR count). The molecule has 138 valence electrons. The normalized spacial score (nSPS) is 20.4. The molecule has 0 aromatic heterocycles. The average molecular weight is 408 g/mol. The van der Waals surface area contributed by atoms with Gasteiger partial charge in [0.1, 0.15) is 0 Å². The third kappa shape index (κ3) is 5.50. The van der Waals surface area contributed by atoms with Crippen LogP contribution in [0, 0.1) is 17.8 Å². The Bertz CT molecular complexity index is 622. The molecule has 2 atom stereocenters. The minimum absolute atomic E-state index is 0.0672. The fourth-order valence-electron chi connectivity index (χ4n) is 2.85. The standard InChI is InChI=1S/C18H21Cl3O4/c1-10(2)9-24-17(22)12-5-3-4-6-13(12)18(23)25-16-14(20)7-11(19)8-15(16)21/h7-8,10,12-13H,3-6,9H2,1-2H3. The van der Waals surface area contributed by atoms with E-state index in [4.69, 9.17) is 44.3 Å². The van der Waals surface area contributed by atoms with Crippen LogP contribution in [0.1, 0.15) is 39.5 Å². The molecule has 1 aliphatic carbocycles.